The molecule has 0 spiro atoms. The van der Waals surface area contributed by atoms with Crippen molar-refractivity contribution in [3.8, 4) is 0 Å². The van der Waals surface area contributed by atoms with Gasteiger partial charge in [0.1, 0.15) is 0 Å². The highest BCUT2D eigenvalue weighted by atomic mass is 32.1. The van der Waals surface area contributed by atoms with E-state index in [9.17, 15) is 0 Å². The lowest BCUT2D eigenvalue weighted by atomic mass is 10.1. The van der Waals surface area contributed by atoms with Crippen molar-refractivity contribution in [3.05, 3.63) is 44.8 Å². The molecule has 18 heavy (non-hydrogen) atoms. The Labute approximate surface area is 117 Å². The largest absolute Gasteiger partial charge is 0.302 e. The van der Waals surface area contributed by atoms with Gasteiger partial charge in [0.05, 0.1) is 6.04 Å². The Morgan fingerprint density at radius 3 is 2.22 bits per heavy atom. The highest BCUT2D eigenvalue weighted by molar-refractivity contribution is 7.11. The summed E-state index contributed by atoms with van der Waals surface area (Å²) in [5, 5.41) is 8.22. The summed E-state index contributed by atoms with van der Waals surface area (Å²) < 4.78 is 0. The summed E-state index contributed by atoms with van der Waals surface area (Å²) in [6.45, 7) is 2.37. The Morgan fingerprint density at radius 1 is 1.11 bits per heavy atom. The Morgan fingerprint density at radius 2 is 1.78 bits per heavy atom. The summed E-state index contributed by atoms with van der Waals surface area (Å²) in [6, 6.07) is 9.90. The molecule has 3 rings (SSSR count). The lowest BCUT2D eigenvalue weighted by molar-refractivity contribution is 0.471. The molecule has 2 atom stereocenters. The van der Waals surface area contributed by atoms with E-state index >= 15 is 0 Å². The molecule has 2 aromatic heterocycles. The molecule has 1 saturated carbocycles. The summed E-state index contributed by atoms with van der Waals surface area (Å²) in [5.41, 5.74) is 0. The number of nitrogens with one attached hydrogen (secondary N) is 1. The van der Waals surface area contributed by atoms with Gasteiger partial charge in [-0.05, 0) is 48.1 Å². The van der Waals surface area contributed by atoms with Crippen LogP contribution in [0.2, 0.25) is 0 Å². The summed E-state index contributed by atoms with van der Waals surface area (Å²) >= 11 is 3.72. The minimum Gasteiger partial charge on any atom is -0.302 e. The quantitative estimate of drug-likeness (QED) is 0.856. The Kier molecular flexibility index (Phi) is 3.83. The second kappa shape index (κ2) is 5.55. The molecule has 1 N–H and O–H groups in total. The monoisotopic (exact) mass is 277 g/mol. The van der Waals surface area contributed by atoms with Crippen molar-refractivity contribution in [3.63, 3.8) is 0 Å². The molecule has 0 bridgehead atoms. The zero-order chi connectivity index (χ0) is 12.4. The maximum Gasteiger partial charge on any atom is 0.0766 e. The third-order valence-electron chi connectivity index (χ3n) is 3.75. The van der Waals surface area contributed by atoms with Gasteiger partial charge in [-0.2, -0.15) is 0 Å². The van der Waals surface area contributed by atoms with Crippen LogP contribution in [0.3, 0.4) is 0 Å². The number of thiophene rings is 2. The lowest BCUT2D eigenvalue weighted by Crippen LogP contribution is -2.30. The van der Waals surface area contributed by atoms with Crippen LogP contribution in [0.25, 0.3) is 0 Å². The minimum absolute atomic E-state index is 0.403. The Bertz CT molecular complexity index is 426. The van der Waals surface area contributed by atoms with Gasteiger partial charge in [-0.25, -0.2) is 0 Å². The SMILES string of the molecule is CC1CCC(NC(c2cccs2)c2cccs2)C1. The molecule has 2 heterocycles. The van der Waals surface area contributed by atoms with E-state index in [1.54, 1.807) is 0 Å². The van der Waals surface area contributed by atoms with Crippen LogP contribution in [0.15, 0.2) is 35.0 Å². The van der Waals surface area contributed by atoms with Crippen LogP contribution in [0.4, 0.5) is 0 Å². The molecule has 0 amide bonds. The molecule has 0 saturated heterocycles. The molecule has 3 heteroatoms. The van der Waals surface area contributed by atoms with Gasteiger partial charge in [0.2, 0.25) is 0 Å². The van der Waals surface area contributed by atoms with Crippen molar-refractivity contribution >= 4 is 22.7 Å². The third kappa shape index (κ3) is 2.68. The summed E-state index contributed by atoms with van der Waals surface area (Å²) in [5.74, 6) is 0.884. The number of hydrogen-bond acceptors (Lipinski definition) is 3. The number of rotatable bonds is 4. The lowest BCUT2D eigenvalue weighted by Gasteiger charge is -2.21. The average Bonchev–Trinajstić information content (AvgIpc) is 3.09. The molecule has 1 aliphatic carbocycles. The van der Waals surface area contributed by atoms with Crippen LogP contribution in [-0.4, -0.2) is 6.04 Å². The fourth-order valence-electron chi connectivity index (χ4n) is 2.81. The van der Waals surface area contributed by atoms with Crippen molar-refractivity contribution in [1.82, 2.24) is 5.32 Å². The standard InChI is InChI=1S/C15H19NS2/c1-11-6-7-12(10-11)16-15(13-4-2-8-17-13)14-5-3-9-18-14/h2-5,8-9,11-12,15-16H,6-7,10H2,1H3. The zero-order valence-corrected chi connectivity index (χ0v) is 12.3. The van der Waals surface area contributed by atoms with Crippen LogP contribution in [0.1, 0.15) is 42.0 Å². The van der Waals surface area contributed by atoms with E-state index in [4.69, 9.17) is 0 Å². The normalized spacial score (nSPS) is 23.9. The van der Waals surface area contributed by atoms with Crippen molar-refractivity contribution in [1.29, 1.82) is 0 Å². The summed E-state index contributed by atoms with van der Waals surface area (Å²) in [4.78, 5) is 2.88. The third-order valence-corrected chi connectivity index (χ3v) is 5.63. The van der Waals surface area contributed by atoms with Gasteiger partial charge in [0, 0.05) is 15.8 Å². The van der Waals surface area contributed by atoms with Gasteiger partial charge in [0.15, 0.2) is 0 Å². The molecule has 1 aliphatic rings. The molecule has 0 aliphatic heterocycles. The van der Waals surface area contributed by atoms with E-state index < -0.39 is 0 Å². The van der Waals surface area contributed by atoms with Crippen molar-refractivity contribution < 1.29 is 0 Å². The second-order valence-electron chi connectivity index (χ2n) is 5.25. The summed E-state index contributed by atoms with van der Waals surface area (Å²) in [7, 11) is 0. The van der Waals surface area contributed by atoms with Gasteiger partial charge >= 0.3 is 0 Å². The molecule has 1 nitrogen and oxygen atoms in total. The van der Waals surface area contributed by atoms with E-state index in [2.05, 4.69) is 47.3 Å². The molecule has 0 aromatic carbocycles. The van der Waals surface area contributed by atoms with Gasteiger partial charge in [-0.3, -0.25) is 0 Å². The number of hydrogen-bond donors (Lipinski definition) is 1. The van der Waals surface area contributed by atoms with Gasteiger partial charge in [-0.1, -0.05) is 19.1 Å². The second-order valence-corrected chi connectivity index (χ2v) is 7.20. The first-order valence-electron chi connectivity index (χ1n) is 6.66. The topological polar surface area (TPSA) is 12.0 Å². The highest BCUT2D eigenvalue weighted by Gasteiger charge is 2.25. The van der Waals surface area contributed by atoms with Crippen molar-refractivity contribution in [2.45, 2.75) is 38.3 Å². The summed E-state index contributed by atoms with van der Waals surface area (Å²) in [6.07, 6.45) is 4.03. The first kappa shape index (κ1) is 12.4. The molecule has 1 fully saturated rings. The Balaban J connectivity index is 1.78. The fraction of sp³-hybridized carbons (Fsp3) is 0.467. The predicted molar refractivity (Wildman–Crippen MR) is 80.4 cm³/mol. The molecular weight excluding hydrogens is 258 g/mol. The minimum atomic E-state index is 0.403. The van der Waals surface area contributed by atoms with E-state index in [1.165, 1.54) is 29.0 Å². The van der Waals surface area contributed by atoms with Crippen LogP contribution in [0.5, 0.6) is 0 Å². The maximum absolute atomic E-state index is 3.87. The van der Waals surface area contributed by atoms with E-state index in [-0.39, 0.29) is 0 Å². The fourth-order valence-corrected chi connectivity index (χ4v) is 4.49. The van der Waals surface area contributed by atoms with Crippen molar-refractivity contribution in [2.24, 2.45) is 5.92 Å². The van der Waals surface area contributed by atoms with Crippen molar-refractivity contribution in [2.75, 3.05) is 0 Å². The van der Waals surface area contributed by atoms with E-state index in [0.717, 1.165) is 5.92 Å². The molecule has 96 valence electrons. The van der Waals surface area contributed by atoms with Gasteiger partial charge in [-0.15, -0.1) is 22.7 Å². The zero-order valence-electron chi connectivity index (χ0n) is 10.6. The highest BCUT2D eigenvalue weighted by Crippen LogP contribution is 2.33. The first-order chi connectivity index (χ1) is 8.83. The predicted octanol–water partition coefficient (Wildman–Crippen LogP) is 4.68. The molecular formula is C15H19NS2. The first-order valence-corrected chi connectivity index (χ1v) is 8.41. The smallest absolute Gasteiger partial charge is 0.0766 e. The molecule has 2 aromatic rings. The molecule has 0 radical (unpaired) electrons. The van der Waals surface area contributed by atoms with E-state index in [1.807, 2.05) is 22.7 Å². The Hall–Kier alpha value is -0.640. The average molecular weight is 277 g/mol. The molecule has 2 unspecified atom stereocenters. The van der Waals surface area contributed by atoms with Crippen LogP contribution in [-0.2, 0) is 0 Å². The van der Waals surface area contributed by atoms with Gasteiger partial charge in [0.25, 0.3) is 0 Å². The van der Waals surface area contributed by atoms with Gasteiger partial charge < -0.3 is 5.32 Å². The van der Waals surface area contributed by atoms with E-state index in [0.29, 0.717) is 12.1 Å². The van der Waals surface area contributed by atoms with Crippen LogP contribution < -0.4 is 5.32 Å². The van der Waals surface area contributed by atoms with Crippen LogP contribution >= 0.6 is 22.7 Å². The maximum atomic E-state index is 3.87. The van der Waals surface area contributed by atoms with Crippen LogP contribution in [0, 0.1) is 5.92 Å².